The molecular formula is C11H15BrClNO. The normalized spacial score (nSPS) is 12.8. The van der Waals surface area contributed by atoms with Gasteiger partial charge >= 0.3 is 0 Å². The molecule has 1 rings (SSSR count). The standard InChI is InChI=1S/C11H15BrClNO/c1-2-10(15)7-14-6-8-3-4-9(13)5-11(8)12/h3-5,10,14-15H,2,6-7H2,1H3. The van der Waals surface area contributed by atoms with Crippen molar-refractivity contribution in [3.05, 3.63) is 33.3 Å². The molecule has 1 atom stereocenters. The van der Waals surface area contributed by atoms with E-state index >= 15 is 0 Å². The fourth-order valence-corrected chi connectivity index (χ4v) is 2.01. The Morgan fingerprint density at radius 2 is 2.27 bits per heavy atom. The molecule has 0 bridgehead atoms. The van der Waals surface area contributed by atoms with Crippen LogP contribution in [-0.4, -0.2) is 17.8 Å². The van der Waals surface area contributed by atoms with E-state index in [9.17, 15) is 5.11 Å². The summed E-state index contributed by atoms with van der Waals surface area (Å²) in [5.74, 6) is 0. The van der Waals surface area contributed by atoms with Crippen molar-refractivity contribution >= 4 is 27.5 Å². The van der Waals surface area contributed by atoms with Gasteiger partial charge in [-0.25, -0.2) is 0 Å². The van der Waals surface area contributed by atoms with E-state index in [-0.39, 0.29) is 6.10 Å². The third kappa shape index (κ3) is 4.51. The number of aliphatic hydroxyl groups is 1. The van der Waals surface area contributed by atoms with E-state index in [1.54, 1.807) is 0 Å². The zero-order valence-electron chi connectivity index (χ0n) is 8.63. The lowest BCUT2D eigenvalue weighted by Crippen LogP contribution is -2.25. The third-order valence-corrected chi connectivity index (χ3v) is 3.16. The molecule has 4 heteroatoms. The number of halogens is 2. The molecule has 15 heavy (non-hydrogen) atoms. The zero-order chi connectivity index (χ0) is 11.3. The van der Waals surface area contributed by atoms with Crippen molar-refractivity contribution in [3.8, 4) is 0 Å². The molecule has 0 saturated heterocycles. The summed E-state index contributed by atoms with van der Waals surface area (Å²) in [6.45, 7) is 3.31. The summed E-state index contributed by atoms with van der Waals surface area (Å²) >= 11 is 9.28. The summed E-state index contributed by atoms with van der Waals surface area (Å²) in [6.07, 6.45) is 0.505. The van der Waals surface area contributed by atoms with Crippen LogP contribution >= 0.6 is 27.5 Å². The smallest absolute Gasteiger partial charge is 0.0662 e. The van der Waals surface area contributed by atoms with Gasteiger partial charge in [0.05, 0.1) is 6.10 Å². The number of nitrogens with one attached hydrogen (secondary N) is 1. The summed E-state index contributed by atoms with van der Waals surface area (Å²) in [4.78, 5) is 0. The monoisotopic (exact) mass is 291 g/mol. The first kappa shape index (κ1) is 13.0. The van der Waals surface area contributed by atoms with E-state index in [4.69, 9.17) is 11.6 Å². The van der Waals surface area contributed by atoms with Crippen molar-refractivity contribution in [2.45, 2.75) is 26.0 Å². The van der Waals surface area contributed by atoms with E-state index in [1.165, 1.54) is 0 Å². The van der Waals surface area contributed by atoms with Gasteiger partial charge in [-0.1, -0.05) is 40.5 Å². The van der Waals surface area contributed by atoms with E-state index in [0.29, 0.717) is 6.54 Å². The molecule has 2 nitrogen and oxygen atoms in total. The Labute approximate surface area is 104 Å². The predicted octanol–water partition coefficient (Wildman–Crippen LogP) is 2.96. The number of rotatable bonds is 5. The van der Waals surface area contributed by atoms with E-state index in [2.05, 4.69) is 21.2 Å². The maximum atomic E-state index is 9.35. The molecule has 0 saturated carbocycles. The Hall–Kier alpha value is -0.0900. The fraction of sp³-hybridized carbons (Fsp3) is 0.455. The van der Waals surface area contributed by atoms with Crippen LogP contribution in [-0.2, 0) is 6.54 Å². The molecule has 1 unspecified atom stereocenters. The van der Waals surface area contributed by atoms with Gasteiger partial charge in [-0.2, -0.15) is 0 Å². The average molecular weight is 293 g/mol. The highest BCUT2D eigenvalue weighted by molar-refractivity contribution is 9.10. The second kappa shape index (κ2) is 6.48. The van der Waals surface area contributed by atoms with Gasteiger partial charge in [0.2, 0.25) is 0 Å². The fourth-order valence-electron chi connectivity index (χ4n) is 1.18. The van der Waals surface area contributed by atoms with Crippen LogP contribution < -0.4 is 5.32 Å². The van der Waals surface area contributed by atoms with E-state index < -0.39 is 0 Å². The Kier molecular flexibility index (Phi) is 5.61. The molecule has 0 aromatic heterocycles. The lowest BCUT2D eigenvalue weighted by Gasteiger charge is -2.10. The van der Waals surface area contributed by atoms with Gasteiger partial charge in [0.1, 0.15) is 0 Å². The maximum Gasteiger partial charge on any atom is 0.0662 e. The highest BCUT2D eigenvalue weighted by Gasteiger charge is 2.02. The van der Waals surface area contributed by atoms with Crippen LogP contribution in [0.1, 0.15) is 18.9 Å². The van der Waals surface area contributed by atoms with Crippen molar-refractivity contribution in [2.75, 3.05) is 6.54 Å². The van der Waals surface area contributed by atoms with Crippen LogP contribution in [0, 0.1) is 0 Å². The summed E-state index contributed by atoms with van der Waals surface area (Å²) in [5.41, 5.74) is 1.14. The molecule has 0 heterocycles. The summed E-state index contributed by atoms with van der Waals surface area (Å²) < 4.78 is 0.994. The number of benzene rings is 1. The molecule has 1 aromatic rings. The van der Waals surface area contributed by atoms with Crippen molar-refractivity contribution in [1.29, 1.82) is 0 Å². The number of hydrogen-bond acceptors (Lipinski definition) is 2. The number of hydrogen-bond donors (Lipinski definition) is 2. The maximum absolute atomic E-state index is 9.35. The topological polar surface area (TPSA) is 32.3 Å². The van der Waals surface area contributed by atoms with Gasteiger partial charge < -0.3 is 10.4 Å². The molecule has 0 aliphatic rings. The van der Waals surface area contributed by atoms with Crippen molar-refractivity contribution in [2.24, 2.45) is 0 Å². The highest BCUT2D eigenvalue weighted by atomic mass is 79.9. The van der Waals surface area contributed by atoms with Crippen LogP contribution in [0.2, 0.25) is 5.02 Å². The molecule has 0 fully saturated rings. The third-order valence-electron chi connectivity index (χ3n) is 2.18. The first-order valence-corrected chi connectivity index (χ1v) is 6.13. The first-order valence-electron chi connectivity index (χ1n) is 4.96. The van der Waals surface area contributed by atoms with Gasteiger partial charge in [-0.05, 0) is 24.1 Å². The number of aliphatic hydroxyl groups excluding tert-OH is 1. The first-order chi connectivity index (χ1) is 7.13. The van der Waals surface area contributed by atoms with Gasteiger partial charge in [0, 0.05) is 22.6 Å². The van der Waals surface area contributed by atoms with E-state index in [0.717, 1.165) is 28.0 Å². The van der Waals surface area contributed by atoms with Crippen LogP contribution in [0.5, 0.6) is 0 Å². The Morgan fingerprint density at radius 1 is 1.53 bits per heavy atom. The molecule has 0 amide bonds. The summed E-state index contributed by atoms with van der Waals surface area (Å²) in [7, 11) is 0. The largest absolute Gasteiger partial charge is 0.392 e. The zero-order valence-corrected chi connectivity index (χ0v) is 11.0. The van der Waals surface area contributed by atoms with E-state index in [1.807, 2.05) is 25.1 Å². The minimum absolute atomic E-state index is 0.268. The van der Waals surface area contributed by atoms with Crippen molar-refractivity contribution in [3.63, 3.8) is 0 Å². The minimum Gasteiger partial charge on any atom is -0.392 e. The van der Waals surface area contributed by atoms with Crippen molar-refractivity contribution < 1.29 is 5.11 Å². The van der Waals surface area contributed by atoms with Crippen LogP contribution in [0.25, 0.3) is 0 Å². The quantitative estimate of drug-likeness (QED) is 0.874. The Bertz CT molecular complexity index is 319. The molecule has 0 radical (unpaired) electrons. The molecule has 84 valence electrons. The molecule has 0 aliphatic heterocycles. The van der Waals surface area contributed by atoms with Crippen molar-refractivity contribution in [1.82, 2.24) is 5.32 Å². The van der Waals surface area contributed by atoms with Gasteiger partial charge in [-0.3, -0.25) is 0 Å². The van der Waals surface area contributed by atoms with Gasteiger partial charge in [0.15, 0.2) is 0 Å². The van der Waals surface area contributed by atoms with Crippen LogP contribution in [0.4, 0.5) is 0 Å². The van der Waals surface area contributed by atoms with Gasteiger partial charge in [0.25, 0.3) is 0 Å². The Morgan fingerprint density at radius 3 is 2.87 bits per heavy atom. The molecule has 1 aromatic carbocycles. The minimum atomic E-state index is -0.268. The second-order valence-corrected chi connectivity index (χ2v) is 4.72. The lowest BCUT2D eigenvalue weighted by atomic mass is 10.2. The summed E-state index contributed by atoms with van der Waals surface area (Å²) in [6, 6.07) is 5.70. The predicted molar refractivity (Wildman–Crippen MR) is 67.2 cm³/mol. The molecule has 2 N–H and O–H groups in total. The summed E-state index contributed by atoms with van der Waals surface area (Å²) in [5, 5.41) is 13.3. The lowest BCUT2D eigenvalue weighted by molar-refractivity contribution is 0.167. The average Bonchev–Trinajstić information content (AvgIpc) is 2.21. The van der Waals surface area contributed by atoms with Crippen LogP contribution in [0.15, 0.2) is 22.7 Å². The highest BCUT2D eigenvalue weighted by Crippen LogP contribution is 2.21. The van der Waals surface area contributed by atoms with Gasteiger partial charge in [-0.15, -0.1) is 0 Å². The SMILES string of the molecule is CCC(O)CNCc1ccc(Cl)cc1Br. The molecule has 0 aliphatic carbocycles. The Balaban J connectivity index is 2.44. The molecule has 0 spiro atoms. The second-order valence-electron chi connectivity index (χ2n) is 3.43. The van der Waals surface area contributed by atoms with Crippen LogP contribution in [0.3, 0.4) is 0 Å². The molecular weight excluding hydrogens is 277 g/mol.